The summed E-state index contributed by atoms with van der Waals surface area (Å²) in [6.45, 7) is 4.88. The Morgan fingerprint density at radius 3 is 2.59 bits per heavy atom. The Hall–Kier alpha value is -2.62. The van der Waals surface area contributed by atoms with Crippen LogP contribution < -0.4 is 5.32 Å². The molecule has 27 heavy (non-hydrogen) atoms. The van der Waals surface area contributed by atoms with Gasteiger partial charge in [0.15, 0.2) is 0 Å². The maximum absolute atomic E-state index is 12.8. The van der Waals surface area contributed by atoms with Gasteiger partial charge in [0.1, 0.15) is 0 Å². The molecule has 2 aromatic carbocycles. The Bertz CT molecular complexity index is 801. The number of likely N-dealkylation sites (tertiary alicyclic amines) is 1. The van der Waals surface area contributed by atoms with Crippen LogP contribution in [-0.4, -0.2) is 29.3 Å². The monoisotopic (exact) mass is 364 g/mol. The molecule has 142 valence electrons. The van der Waals surface area contributed by atoms with Crippen LogP contribution >= 0.6 is 0 Å². The Morgan fingerprint density at radius 2 is 1.89 bits per heavy atom. The number of hydrogen-bond donors (Lipinski definition) is 1. The fourth-order valence-electron chi connectivity index (χ4n) is 3.62. The molecule has 1 N–H and O–H groups in total. The summed E-state index contributed by atoms with van der Waals surface area (Å²) in [5, 5.41) is 2.97. The number of carbonyl (C=O) groups excluding carboxylic acids is 2. The number of carbonyl (C=O) groups is 2. The average Bonchev–Trinajstić information content (AvgIpc) is 2.68. The summed E-state index contributed by atoms with van der Waals surface area (Å²) in [5.74, 6) is 0.0814. The Balaban J connectivity index is 1.60. The van der Waals surface area contributed by atoms with Crippen molar-refractivity contribution in [3.8, 4) is 0 Å². The number of rotatable bonds is 5. The van der Waals surface area contributed by atoms with Crippen molar-refractivity contribution in [2.24, 2.45) is 0 Å². The minimum Gasteiger partial charge on any atom is -0.336 e. The number of amides is 2. The SMILES string of the molecule is Cc1cc(C(=O)N2CCCCC2C)ccc1NC(=O)CCc1ccccc1. The largest absolute Gasteiger partial charge is 0.336 e. The predicted molar refractivity (Wildman–Crippen MR) is 109 cm³/mol. The fraction of sp³-hybridized carbons (Fsp3) is 0.391. The zero-order valence-corrected chi connectivity index (χ0v) is 16.2. The van der Waals surface area contributed by atoms with Crippen molar-refractivity contribution in [2.45, 2.75) is 52.0 Å². The first-order chi connectivity index (χ1) is 13.0. The van der Waals surface area contributed by atoms with E-state index in [1.165, 1.54) is 6.42 Å². The molecule has 1 heterocycles. The summed E-state index contributed by atoms with van der Waals surface area (Å²) in [7, 11) is 0. The van der Waals surface area contributed by atoms with E-state index in [0.29, 0.717) is 18.0 Å². The molecular formula is C23H28N2O2. The van der Waals surface area contributed by atoms with Gasteiger partial charge >= 0.3 is 0 Å². The standard InChI is InChI=1S/C23H28N2O2/c1-17-16-20(23(27)25-15-7-6-8-18(25)2)12-13-21(17)24-22(26)14-11-19-9-4-3-5-10-19/h3-5,9-10,12-13,16,18H,6-8,11,14-15H2,1-2H3,(H,24,26). The number of hydrogen-bond acceptors (Lipinski definition) is 2. The van der Waals surface area contributed by atoms with Crippen LogP contribution in [0.3, 0.4) is 0 Å². The molecule has 4 heteroatoms. The first-order valence-electron chi connectivity index (χ1n) is 9.80. The molecule has 1 aliphatic heterocycles. The number of piperidine rings is 1. The number of nitrogens with zero attached hydrogens (tertiary/aromatic N) is 1. The molecule has 1 fully saturated rings. The van der Waals surface area contributed by atoms with Crippen molar-refractivity contribution in [1.82, 2.24) is 4.90 Å². The van der Waals surface area contributed by atoms with Gasteiger partial charge in [-0.2, -0.15) is 0 Å². The molecule has 0 radical (unpaired) electrons. The third-order valence-corrected chi connectivity index (χ3v) is 5.29. The molecule has 1 aliphatic rings. The lowest BCUT2D eigenvalue weighted by Crippen LogP contribution is -2.42. The smallest absolute Gasteiger partial charge is 0.254 e. The summed E-state index contributed by atoms with van der Waals surface area (Å²) in [5.41, 5.74) is 3.54. The van der Waals surface area contributed by atoms with Crippen LogP contribution in [-0.2, 0) is 11.2 Å². The maximum Gasteiger partial charge on any atom is 0.254 e. The highest BCUT2D eigenvalue weighted by molar-refractivity contribution is 5.96. The lowest BCUT2D eigenvalue weighted by molar-refractivity contribution is -0.116. The van der Waals surface area contributed by atoms with Crippen LogP contribution in [0.5, 0.6) is 0 Å². The second-order valence-electron chi connectivity index (χ2n) is 7.41. The zero-order valence-electron chi connectivity index (χ0n) is 16.2. The van der Waals surface area contributed by atoms with Gasteiger partial charge in [-0.1, -0.05) is 30.3 Å². The van der Waals surface area contributed by atoms with Gasteiger partial charge in [0, 0.05) is 30.3 Å². The Kier molecular flexibility index (Phi) is 6.28. The molecule has 1 unspecified atom stereocenters. The lowest BCUT2D eigenvalue weighted by Gasteiger charge is -2.33. The number of anilines is 1. The van der Waals surface area contributed by atoms with E-state index < -0.39 is 0 Å². The highest BCUT2D eigenvalue weighted by Gasteiger charge is 2.24. The first-order valence-corrected chi connectivity index (χ1v) is 9.80. The van der Waals surface area contributed by atoms with E-state index >= 15 is 0 Å². The van der Waals surface area contributed by atoms with Gasteiger partial charge in [0.25, 0.3) is 5.91 Å². The van der Waals surface area contributed by atoms with Crippen molar-refractivity contribution in [3.63, 3.8) is 0 Å². The number of benzene rings is 2. The molecule has 0 aromatic heterocycles. The van der Waals surface area contributed by atoms with Crippen LogP contribution in [0.15, 0.2) is 48.5 Å². The van der Waals surface area contributed by atoms with E-state index in [1.54, 1.807) is 0 Å². The highest BCUT2D eigenvalue weighted by atomic mass is 16.2. The molecule has 2 amide bonds. The second-order valence-corrected chi connectivity index (χ2v) is 7.41. The minimum absolute atomic E-state index is 0.00863. The van der Waals surface area contributed by atoms with Crippen LogP contribution in [0.2, 0.25) is 0 Å². The molecule has 3 rings (SSSR count). The van der Waals surface area contributed by atoms with E-state index in [-0.39, 0.29) is 11.8 Å². The van der Waals surface area contributed by atoms with Crippen LogP contribution in [0.25, 0.3) is 0 Å². The number of nitrogens with one attached hydrogen (secondary N) is 1. The summed E-state index contributed by atoms with van der Waals surface area (Å²) < 4.78 is 0. The summed E-state index contributed by atoms with van der Waals surface area (Å²) >= 11 is 0. The Morgan fingerprint density at radius 1 is 1.11 bits per heavy atom. The lowest BCUT2D eigenvalue weighted by atomic mass is 10.0. The van der Waals surface area contributed by atoms with E-state index in [0.717, 1.165) is 42.6 Å². The van der Waals surface area contributed by atoms with Gasteiger partial charge < -0.3 is 10.2 Å². The third kappa shape index (κ3) is 4.97. The van der Waals surface area contributed by atoms with Gasteiger partial charge in [-0.25, -0.2) is 0 Å². The average molecular weight is 364 g/mol. The van der Waals surface area contributed by atoms with E-state index in [9.17, 15) is 9.59 Å². The molecule has 0 saturated carbocycles. The van der Waals surface area contributed by atoms with Crippen molar-refractivity contribution < 1.29 is 9.59 Å². The van der Waals surface area contributed by atoms with Gasteiger partial charge in [0.2, 0.25) is 5.91 Å². The highest BCUT2D eigenvalue weighted by Crippen LogP contribution is 2.22. The maximum atomic E-state index is 12.8. The zero-order chi connectivity index (χ0) is 19.2. The molecule has 0 aliphatic carbocycles. The third-order valence-electron chi connectivity index (χ3n) is 5.29. The normalized spacial score (nSPS) is 16.8. The first kappa shape index (κ1) is 19.2. The van der Waals surface area contributed by atoms with Crippen molar-refractivity contribution in [1.29, 1.82) is 0 Å². The predicted octanol–water partition coefficient (Wildman–Crippen LogP) is 4.58. The van der Waals surface area contributed by atoms with Gasteiger partial charge in [-0.3, -0.25) is 9.59 Å². The van der Waals surface area contributed by atoms with Gasteiger partial charge in [-0.15, -0.1) is 0 Å². The van der Waals surface area contributed by atoms with Gasteiger partial charge in [0.05, 0.1) is 0 Å². The van der Waals surface area contributed by atoms with E-state index in [1.807, 2.05) is 60.4 Å². The van der Waals surface area contributed by atoms with Crippen LogP contribution in [0.4, 0.5) is 5.69 Å². The fourth-order valence-corrected chi connectivity index (χ4v) is 3.62. The molecule has 4 nitrogen and oxygen atoms in total. The molecule has 1 atom stereocenters. The summed E-state index contributed by atoms with van der Waals surface area (Å²) in [4.78, 5) is 27.0. The van der Waals surface area contributed by atoms with Crippen molar-refractivity contribution in [3.05, 3.63) is 65.2 Å². The molecule has 1 saturated heterocycles. The van der Waals surface area contributed by atoms with Crippen molar-refractivity contribution >= 4 is 17.5 Å². The van der Waals surface area contributed by atoms with E-state index in [2.05, 4.69) is 12.2 Å². The minimum atomic E-state index is -0.00863. The molecular weight excluding hydrogens is 336 g/mol. The Labute approximate surface area is 161 Å². The quantitative estimate of drug-likeness (QED) is 0.844. The second kappa shape index (κ2) is 8.85. The number of aryl methyl sites for hydroxylation is 2. The molecule has 2 aromatic rings. The topological polar surface area (TPSA) is 49.4 Å². The van der Waals surface area contributed by atoms with Crippen molar-refractivity contribution in [2.75, 3.05) is 11.9 Å². The molecule has 0 spiro atoms. The van der Waals surface area contributed by atoms with Crippen LogP contribution in [0, 0.1) is 6.92 Å². The van der Waals surface area contributed by atoms with Crippen LogP contribution in [0.1, 0.15) is 54.1 Å². The molecule has 0 bridgehead atoms. The summed E-state index contributed by atoms with van der Waals surface area (Å²) in [6, 6.07) is 15.8. The summed E-state index contributed by atoms with van der Waals surface area (Å²) in [6.07, 6.45) is 4.49. The van der Waals surface area contributed by atoms with Gasteiger partial charge in [-0.05, 0) is 68.9 Å². The van der Waals surface area contributed by atoms with E-state index in [4.69, 9.17) is 0 Å².